The molecule has 28 heavy (non-hydrogen) atoms. The highest BCUT2D eigenvalue weighted by Crippen LogP contribution is 2.35. The highest BCUT2D eigenvalue weighted by molar-refractivity contribution is 6.04. The molecule has 1 N–H and O–H groups in total. The van der Waals surface area contributed by atoms with Gasteiger partial charge in [0.1, 0.15) is 6.17 Å². The molecule has 5 nitrogen and oxygen atoms in total. The van der Waals surface area contributed by atoms with E-state index in [1.807, 2.05) is 42.2 Å². The second kappa shape index (κ2) is 7.66. The Hall–Kier alpha value is -2.82. The van der Waals surface area contributed by atoms with Gasteiger partial charge in [-0.05, 0) is 56.9 Å². The molecule has 1 atom stereocenters. The molecule has 2 amide bonds. The van der Waals surface area contributed by atoms with Gasteiger partial charge in [0.15, 0.2) is 0 Å². The Morgan fingerprint density at radius 1 is 1.18 bits per heavy atom. The van der Waals surface area contributed by atoms with Crippen molar-refractivity contribution in [3.05, 3.63) is 64.7 Å². The molecular weight excluding hydrogens is 350 g/mol. The van der Waals surface area contributed by atoms with Crippen molar-refractivity contribution in [3.8, 4) is 0 Å². The molecule has 1 fully saturated rings. The summed E-state index contributed by atoms with van der Waals surface area (Å²) < 4.78 is 0. The lowest BCUT2D eigenvalue weighted by Crippen LogP contribution is -2.57. The summed E-state index contributed by atoms with van der Waals surface area (Å²) in [4.78, 5) is 29.9. The quantitative estimate of drug-likeness (QED) is 0.884. The molecule has 0 bridgehead atoms. The third kappa shape index (κ3) is 3.37. The van der Waals surface area contributed by atoms with Gasteiger partial charge in [0.25, 0.3) is 11.8 Å². The molecule has 0 aromatic heterocycles. The predicted molar refractivity (Wildman–Crippen MR) is 110 cm³/mol. The Bertz CT molecular complexity index is 908. The summed E-state index contributed by atoms with van der Waals surface area (Å²) in [7, 11) is 0. The average molecular weight is 377 g/mol. The number of benzene rings is 2. The number of nitrogens with zero attached hydrogens (tertiary/aromatic N) is 2. The molecule has 2 aromatic rings. The van der Waals surface area contributed by atoms with Crippen molar-refractivity contribution in [1.29, 1.82) is 0 Å². The lowest BCUT2D eigenvalue weighted by atomic mass is 9.97. The van der Waals surface area contributed by atoms with Gasteiger partial charge in [-0.15, -0.1) is 0 Å². The summed E-state index contributed by atoms with van der Waals surface area (Å²) in [6, 6.07) is 13.6. The normalized spacial score (nSPS) is 18.5. The first-order chi connectivity index (χ1) is 13.6. The van der Waals surface area contributed by atoms with Crippen molar-refractivity contribution in [2.45, 2.75) is 45.8 Å². The second-order valence-electron chi connectivity index (χ2n) is 7.66. The molecule has 1 unspecified atom stereocenters. The number of nitrogens with one attached hydrogen (secondary N) is 1. The number of hydrogen-bond donors (Lipinski definition) is 1. The largest absolute Gasteiger partial charge is 0.351 e. The fourth-order valence-electron chi connectivity index (χ4n) is 4.37. The monoisotopic (exact) mass is 377 g/mol. The fourth-order valence-corrected chi connectivity index (χ4v) is 4.37. The number of aryl methyl sites for hydroxylation is 1. The maximum absolute atomic E-state index is 12.9. The number of piperidine rings is 1. The first kappa shape index (κ1) is 18.5. The number of amides is 2. The number of carbonyl (C=O) groups excluding carboxylic acids is 2. The van der Waals surface area contributed by atoms with E-state index >= 15 is 0 Å². The molecule has 0 aliphatic carbocycles. The zero-order valence-corrected chi connectivity index (χ0v) is 16.6. The van der Waals surface area contributed by atoms with Crippen LogP contribution in [0.3, 0.4) is 0 Å². The zero-order chi connectivity index (χ0) is 19.7. The van der Waals surface area contributed by atoms with Gasteiger partial charge in [-0.1, -0.05) is 29.8 Å². The SMILES string of the molecule is CCN1c2cc(C(=O)NCc3cccc(C)c3)ccc2C(=O)N2CCCCC21. The van der Waals surface area contributed by atoms with Gasteiger partial charge in [0.05, 0.1) is 11.3 Å². The topological polar surface area (TPSA) is 52.7 Å². The average Bonchev–Trinajstić information content (AvgIpc) is 2.72. The summed E-state index contributed by atoms with van der Waals surface area (Å²) in [6.07, 6.45) is 3.30. The summed E-state index contributed by atoms with van der Waals surface area (Å²) in [5.41, 5.74) is 4.44. The number of rotatable bonds is 4. The predicted octanol–water partition coefficient (Wildman–Crippen LogP) is 3.72. The van der Waals surface area contributed by atoms with E-state index < -0.39 is 0 Å². The molecule has 146 valence electrons. The van der Waals surface area contributed by atoms with Crippen molar-refractivity contribution in [2.24, 2.45) is 0 Å². The number of hydrogen-bond acceptors (Lipinski definition) is 3. The van der Waals surface area contributed by atoms with E-state index in [1.54, 1.807) is 6.07 Å². The second-order valence-corrected chi connectivity index (χ2v) is 7.66. The van der Waals surface area contributed by atoms with Gasteiger partial charge in [0.2, 0.25) is 0 Å². The van der Waals surface area contributed by atoms with Crippen LogP contribution in [0.1, 0.15) is 58.0 Å². The molecule has 0 radical (unpaired) electrons. The molecule has 0 saturated carbocycles. The van der Waals surface area contributed by atoms with Crippen LogP contribution in [-0.4, -0.2) is 36.0 Å². The van der Waals surface area contributed by atoms with Crippen LogP contribution >= 0.6 is 0 Å². The maximum atomic E-state index is 12.9. The van der Waals surface area contributed by atoms with E-state index in [9.17, 15) is 9.59 Å². The Labute approximate surface area is 166 Å². The molecule has 2 aliphatic heterocycles. The number of fused-ring (bicyclic) bond motifs is 2. The summed E-state index contributed by atoms with van der Waals surface area (Å²) >= 11 is 0. The van der Waals surface area contributed by atoms with Gasteiger partial charge < -0.3 is 15.1 Å². The molecule has 2 aromatic carbocycles. The van der Waals surface area contributed by atoms with Crippen LogP contribution < -0.4 is 10.2 Å². The minimum absolute atomic E-state index is 0.0936. The van der Waals surface area contributed by atoms with E-state index in [-0.39, 0.29) is 18.0 Å². The van der Waals surface area contributed by atoms with Crippen molar-refractivity contribution in [3.63, 3.8) is 0 Å². The van der Waals surface area contributed by atoms with Crippen LogP contribution in [0, 0.1) is 6.92 Å². The maximum Gasteiger partial charge on any atom is 0.257 e. The first-order valence-corrected chi connectivity index (χ1v) is 10.1. The van der Waals surface area contributed by atoms with E-state index in [0.29, 0.717) is 17.7 Å². The standard InChI is InChI=1S/C23H27N3O2/c1-3-25-20-14-18(22(27)24-15-17-8-6-7-16(2)13-17)10-11-19(20)23(28)26-12-5-4-9-21(25)26/h6-8,10-11,13-14,21H,3-5,9,12,15H2,1-2H3,(H,24,27). The van der Waals surface area contributed by atoms with Crippen LogP contribution in [-0.2, 0) is 6.54 Å². The van der Waals surface area contributed by atoms with Crippen LogP contribution in [0.5, 0.6) is 0 Å². The molecule has 5 heteroatoms. The van der Waals surface area contributed by atoms with Crippen LogP contribution in [0.2, 0.25) is 0 Å². The molecule has 1 saturated heterocycles. The van der Waals surface area contributed by atoms with E-state index in [2.05, 4.69) is 23.2 Å². The highest BCUT2D eigenvalue weighted by Gasteiger charge is 2.38. The first-order valence-electron chi connectivity index (χ1n) is 10.1. The summed E-state index contributed by atoms with van der Waals surface area (Å²) in [5, 5.41) is 3.00. The van der Waals surface area contributed by atoms with Crippen LogP contribution in [0.25, 0.3) is 0 Å². The smallest absolute Gasteiger partial charge is 0.257 e. The van der Waals surface area contributed by atoms with Crippen molar-refractivity contribution in [2.75, 3.05) is 18.0 Å². The third-order valence-corrected chi connectivity index (χ3v) is 5.77. The minimum Gasteiger partial charge on any atom is -0.351 e. The van der Waals surface area contributed by atoms with Crippen molar-refractivity contribution < 1.29 is 9.59 Å². The molecule has 2 aliphatic rings. The van der Waals surface area contributed by atoms with Gasteiger partial charge in [-0.25, -0.2) is 0 Å². The lowest BCUT2D eigenvalue weighted by Gasteiger charge is -2.47. The highest BCUT2D eigenvalue weighted by atomic mass is 16.2. The van der Waals surface area contributed by atoms with Gasteiger partial charge in [0, 0.05) is 25.2 Å². The van der Waals surface area contributed by atoms with Crippen molar-refractivity contribution >= 4 is 17.5 Å². The zero-order valence-electron chi connectivity index (χ0n) is 16.6. The molecule has 4 rings (SSSR count). The van der Waals surface area contributed by atoms with Gasteiger partial charge in [-0.3, -0.25) is 9.59 Å². The number of carbonyl (C=O) groups is 2. The van der Waals surface area contributed by atoms with E-state index in [4.69, 9.17) is 0 Å². The van der Waals surface area contributed by atoms with Gasteiger partial charge in [-0.2, -0.15) is 0 Å². The van der Waals surface area contributed by atoms with Gasteiger partial charge >= 0.3 is 0 Å². The van der Waals surface area contributed by atoms with Crippen LogP contribution in [0.4, 0.5) is 5.69 Å². The summed E-state index contributed by atoms with van der Waals surface area (Å²) in [5.74, 6) is -0.0185. The van der Waals surface area contributed by atoms with Crippen LogP contribution in [0.15, 0.2) is 42.5 Å². The third-order valence-electron chi connectivity index (χ3n) is 5.77. The van der Waals surface area contributed by atoms with E-state index in [1.165, 1.54) is 5.56 Å². The lowest BCUT2D eigenvalue weighted by molar-refractivity contribution is 0.0582. The minimum atomic E-state index is -0.112. The summed E-state index contributed by atoms with van der Waals surface area (Å²) in [6.45, 7) is 6.27. The Balaban J connectivity index is 1.57. The fraction of sp³-hybridized carbons (Fsp3) is 0.391. The Morgan fingerprint density at radius 2 is 2.04 bits per heavy atom. The number of anilines is 1. The molecular formula is C23H27N3O2. The van der Waals surface area contributed by atoms with E-state index in [0.717, 1.165) is 43.6 Å². The molecule has 0 spiro atoms. The van der Waals surface area contributed by atoms with Crippen molar-refractivity contribution in [1.82, 2.24) is 10.2 Å². The Kier molecular flexibility index (Phi) is 5.07. The molecule has 2 heterocycles. The Morgan fingerprint density at radius 3 is 2.82 bits per heavy atom.